The topological polar surface area (TPSA) is 103 Å². The second-order valence-corrected chi connectivity index (χ2v) is 3.58. The van der Waals surface area contributed by atoms with Crippen LogP contribution in [0.15, 0.2) is 10.7 Å². The SMILES string of the molecule is CCOC(=O)c1cn[nH]c1OCc1noc(CC)n1. The van der Waals surface area contributed by atoms with E-state index in [-0.39, 0.29) is 24.7 Å². The summed E-state index contributed by atoms with van der Waals surface area (Å²) in [6.45, 7) is 4.00. The Morgan fingerprint density at radius 1 is 1.47 bits per heavy atom. The van der Waals surface area contributed by atoms with Gasteiger partial charge in [0.05, 0.1) is 12.8 Å². The Labute approximate surface area is 109 Å². The van der Waals surface area contributed by atoms with E-state index in [2.05, 4.69) is 20.3 Å². The summed E-state index contributed by atoms with van der Waals surface area (Å²) in [7, 11) is 0. The monoisotopic (exact) mass is 266 g/mol. The fraction of sp³-hybridized carbons (Fsp3) is 0.455. The van der Waals surface area contributed by atoms with Crippen molar-refractivity contribution in [2.75, 3.05) is 6.61 Å². The molecule has 0 amide bonds. The van der Waals surface area contributed by atoms with E-state index in [0.29, 0.717) is 18.1 Å². The van der Waals surface area contributed by atoms with Crippen LogP contribution in [0.25, 0.3) is 0 Å². The van der Waals surface area contributed by atoms with Crippen LogP contribution in [0, 0.1) is 0 Å². The Kier molecular flexibility index (Phi) is 4.11. The Balaban J connectivity index is 1.99. The number of rotatable bonds is 6. The smallest absolute Gasteiger partial charge is 0.345 e. The first-order chi connectivity index (χ1) is 9.24. The molecule has 0 bridgehead atoms. The molecule has 0 aromatic carbocycles. The van der Waals surface area contributed by atoms with Crippen LogP contribution in [0.5, 0.6) is 5.88 Å². The Morgan fingerprint density at radius 3 is 3.00 bits per heavy atom. The highest BCUT2D eigenvalue weighted by Gasteiger charge is 2.17. The third kappa shape index (κ3) is 3.09. The largest absolute Gasteiger partial charge is 0.469 e. The van der Waals surface area contributed by atoms with Crippen LogP contribution in [-0.2, 0) is 17.8 Å². The minimum absolute atomic E-state index is 0.0814. The summed E-state index contributed by atoms with van der Waals surface area (Å²) in [5, 5.41) is 10.1. The molecule has 1 N–H and O–H groups in total. The minimum Gasteiger partial charge on any atom is -0.469 e. The molecule has 8 nitrogen and oxygen atoms in total. The molecule has 0 aliphatic rings. The van der Waals surface area contributed by atoms with Gasteiger partial charge in [-0.25, -0.2) is 9.89 Å². The molecule has 2 heterocycles. The molecule has 2 rings (SSSR count). The third-order valence-corrected chi connectivity index (χ3v) is 2.26. The number of carbonyl (C=O) groups excluding carboxylic acids is 1. The number of hydrogen-bond acceptors (Lipinski definition) is 7. The van der Waals surface area contributed by atoms with Crippen molar-refractivity contribution in [2.24, 2.45) is 0 Å². The molecule has 2 aromatic rings. The van der Waals surface area contributed by atoms with Crippen LogP contribution in [0.2, 0.25) is 0 Å². The zero-order chi connectivity index (χ0) is 13.7. The van der Waals surface area contributed by atoms with Gasteiger partial charge in [-0.3, -0.25) is 0 Å². The van der Waals surface area contributed by atoms with E-state index < -0.39 is 5.97 Å². The van der Waals surface area contributed by atoms with E-state index in [1.54, 1.807) is 6.92 Å². The predicted octanol–water partition coefficient (Wildman–Crippen LogP) is 1.11. The standard InChI is InChI=1S/C11H14N4O4/c1-3-9-13-8(15-19-9)6-18-10-7(5-12-14-10)11(16)17-4-2/h5H,3-4,6H2,1-2H3,(H,12,14). The number of esters is 1. The van der Waals surface area contributed by atoms with Crippen molar-refractivity contribution in [1.82, 2.24) is 20.3 Å². The van der Waals surface area contributed by atoms with Crippen molar-refractivity contribution in [3.05, 3.63) is 23.5 Å². The van der Waals surface area contributed by atoms with Crippen LogP contribution in [0.4, 0.5) is 0 Å². The maximum Gasteiger partial charge on any atom is 0.345 e. The van der Waals surface area contributed by atoms with E-state index in [1.165, 1.54) is 6.20 Å². The van der Waals surface area contributed by atoms with Gasteiger partial charge in [0.25, 0.3) is 0 Å². The number of aryl methyl sites for hydroxylation is 1. The number of H-pyrrole nitrogens is 1. The summed E-state index contributed by atoms with van der Waals surface area (Å²) in [5.74, 6) is 0.671. The summed E-state index contributed by atoms with van der Waals surface area (Å²) in [4.78, 5) is 15.7. The Bertz CT molecular complexity index is 548. The first-order valence-electron chi connectivity index (χ1n) is 5.89. The molecular formula is C11H14N4O4. The molecule has 0 aliphatic carbocycles. The Hall–Kier alpha value is -2.38. The first-order valence-corrected chi connectivity index (χ1v) is 5.89. The molecule has 0 aliphatic heterocycles. The number of ether oxygens (including phenoxy) is 2. The van der Waals surface area contributed by atoms with Crippen LogP contribution < -0.4 is 4.74 Å². The zero-order valence-electron chi connectivity index (χ0n) is 10.7. The molecule has 8 heteroatoms. The van der Waals surface area contributed by atoms with E-state index >= 15 is 0 Å². The van der Waals surface area contributed by atoms with Gasteiger partial charge in [-0.1, -0.05) is 12.1 Å². The maximum atomic E-state index is 11.6. The van der Waals surface area contributed by atoms with Crippen molar-refractivity contribution in [2.45, 2.75) is 26.9 Å². The van der Waals surface area contributed by atoms with Crippen LogP contribution in [0.3, 0.4) is 0 Å². The molecule has 0 saturated carbocycles. The predicted molar refractivity (Wildman–Crippen MR) is 62.6 cm³/mol. The normalized spacial score (nSPS) is 10.4. The first kappa shape index (κ1) is 13.1. The second kappa shape index (κ2) is 5.98. The molecule has 0 fully saturated rings. The summed E-state index contributed by atoms with van der Waals surface area (Å²) in [6, 6.07) is 0. The summed E-state index contributed by atoms with van der Waals surface area (Å²) >= 11 is 0. The van der Waals surface area contributed by atoms with E-state index in [9.17, 15) is 4.79 Å². The molecule has 2 aromatic heterocycles. The molecule has 0 saturated heterocycles. The van der Waals surface area contributed by atoms with Crippen molar-refractivity contribution < 1.29 is 18.8 Å². The zero-order valence-corrected chi connectivity index (χ0v) is 10.7. The maximum absolute atomic E-state index is 11.6. The molecule has 0 spiro atoms. The van der Waals surface area contributed by atoms with Gasteiger partial charge in [-0.05, 0) is 6.92 Å². The van der Waals surface area contributed by atoms with Gasteiger partial charge in [-0.15, -0.1) is 0 Å². The molecule has 0 atom stereocenters. The molecular weight excluding hydrogens is 252 g/mol. The highest BCUT2D eigenvalue weighted by molar-refractivity contribution is 5.91. The minimum atomic E-state index is -0.492. The van der Waals surface area contributed by atoms with Gasteiger partial charge in [0.15, 0.2) is 6.61 Å². The highest BCUT2D eigenvalue weighted by atomic mass is 16.5. The van der Waals surface area contributed by atoms with Crippen LogP contribution in [-0.4, -0.2) is 32.9 Å². The molecule has 0 unspecified atom stereocenters. The Morgan fingerprint density at radius 2 is 2.32 bits per heavy atom. The van der Waals surface area contributed by atoms with Crippen molar-refractivity contribution in [3.8, 4) is 5.88 Å². The fourth-order valence-corrected chi connectivity index (χ4v) is 1.37. The van der Waals surface area contributed by atoms with Gasteiger partial charge < -0.3 is 14.0 Å². The summed E-state index contributed by atoms with van der Waals surface area (Å²) in [6.07, 6.45) is 2.01. The third-order valence-electron chi connectivity index (χ3n) is 2.26. The lowest BCUT2D eigenvalue weighted by molar-refractivity contribution is 0.0521. The average molecular weight is 266 g/mol. The summed E-state index contributed by atoms with van der Waals surface area (Å²) < 4.78 is 15.2. The van der Waals surface area contributed by atoms with Crippen molar-refractivity contribution >= 4 is 5.97 Å². The van der Waals surface area contributed by atoms with Gasteiger partial charge in [0, 0.05) is 6.42 Å². The van der Waals surface area contributed by atoms with Crippen LogP contribution in [0.1, 0.15) is 35.9 Å². The lowest BCUT2D eigenvalue weighted by Crippen LogP contribution is -2.07. The van der Waals surface area contributed by atoms with Gasteiger partial charge in [0.2, 0.25) is 17.6 Å². The van der Waals surface area contributed by atoms with Gasteiger partial charge >= 0.3 is 5.97 Å². The quantitative estimate of drug-likeness (QED) is 0.781. The number of carbonyl (C=O) groups is 1. The van der Waals surface area contributed by atoms with Crippen molar-refractivity contribution in [3.63, 3.8) is 0 Å². The number of nitrogens with one attached hydrogen (secondary N) is 1. The number of aromatic nitrogens is 4. The lowest BCUT2D eigenvalue weighted by Gasteiger charge is -2.03. The van der Waals surface area contributed by atoms with E-state index in [4.69, 9.17) is 14.0 Å². The second-order valence-electron chi connectivity index (χ2n) is 3.58. The van der Waals surface area contributed by atoms with E-state index in [0.717, 1.165) is 0 Å². The molecule has 19 heavy (non-hydrogen) atoms. The molecule has 0 radical (unpaired) electrons. The van der Waals surface area contributed by atoms with Gasteiger partial charge in [-0.2, -0.15) is 10.1 Å². The van der Waals surface area contributed by atoms with Crippen molar-refractivity contribution in [1.29, 1.82) is 0 Å². The lowest BCUT2D eigenvalue weighted by atomic mass is 10.3. The molecule has 102 valence electrons. The average Bonchev–Trinajstić information content (AvgIpc) is 3.05. The van der Waals surface area contributed by atoms with Gasteiger partial charge in [0.1, 0.15) is 5.56 Å². The van der Waals surface area contributed by atoms with Crippen LogP contribution >= 0.6 is 0 Å². The summed E-state index contributed by atoms with van der Waals surface area (Å²) in [5.41, 5.74) is 0.237. The number of nitrogens with zero attached hydrogens (tertiary/aromatic N) is 3. The van der Waals surface area contributed by atoms with E-state index in [1.807, 2.05) is 6.92 Å². The highest BCUT2D eigenvalue weighted by Crippen LogP contribution is 2.16. The number of aromatic amines is 1. The number of hydrogen-bond donors (Lipinski definition) is 1. The fourth-order valence-electron chi connectivity index (χ4n) is 1.37.